The van der Waals surface area contributed by atoms with E-state index in [1.54, 1.807) is 17.8 Å². The highest BCUT2D eigenvalue weighted by atomic mass is 16.2. The quantitative estimate of drug-likeness (QED) is 0.812. The molecule has 0 bridgehead atoms. The van der Waals surface area contributed by atoms with Crippen LogP contribution in [-0.4, -0.2) is 35.2 Å². The van der Waals surface area contributed by atoms with Gasteiger partial charge >= 0.3 is 0 Å². The molecule has 0 radical (unpaired) electrons. The zero-order chi connectivity index (χ0) is 17.8. The molecule has 3 rings (SSSR count). The number of carbonyl (C=O) groups is 2. The highest BCUT2D eigenvalue weighted by molar-refractivity contribution is 5.97. The van der Waals surface area contributed by atoms with Gasteiger partial charge in [-0.25, -0.2) is 0 Å². The molecule has 132 valence electrons. The first-order valence-corrected chi connectivity index (χ1v) is 8.75. The molecule has 1 heterocycles. The van der Waals surface area contributed by atoms with E-state index in [-0.39, 0.29) is 23.6 Å². The van der Waals surface area contributed by atoms with Crippen LogP contribution in [0.15, 0.2) is 36.4 Å². The number of aromatic nitrogens is 2. The van der Waals surface area contributed by atoms with Crippen LogP contribution >= 0.6 is 0 Å². The van der Waals surface area contributed by atoms with E-state index in [1.165, 1.54) is 12.8 Å². The second kappa shape index (κ2) is 7.51. The minimum absolute atomic E-state index is 0.149. The van der Waals surface area contributed by atoms with Gasteiger partial charge in [0.1, 0.15) is 5.69 Å². The lowest BCUT2D eigenvalue weighted by atomic mass is 10.1. The molecule has 2 N–H and O–H groups in total. The third-order valence-electron chi connectivity index (χ3n) is 4.61. The average molecular weight is 340 g/mol. The second-order valence-corrected chi connectivity index (χ2v) is 6.51. The van der Waals surface area contributed by atoms with Gasteiger partial charge < -0.3 is 10.6 Å². The van der Waals surface area contributed by atoms with E-state index in [1.807, 2.05) is 37.3 Å². The SMILES string of the molecule is CNC(=O)c1cc(C(=O)NCCC2CC2)n(C(C)c2ccccc2)n1. The van der Waals surface area contributed by atoms with Crippen LogP contribution in [0.25, 0.3) is 0 Å². The predicted octanol–water partition coefficient (Wildman–Crippen LogP) is 2.38. The third-order valence-corrected chi connectivity index (χ3v) is 4.61. The Kier molecular flexibility index (Phi) is 5.16. The molecule has 0 spiro atoms. The van der Waals surface area contributed by atoms with Crippen molar-refractivity contribution in [3.05, 3.63) is 53.3 Å². The number of hydrogen-bond donors (Lipinski definition) is 2. The van der Waals surface area contributed by atoms with Gasteiger partial charge in [-0.05, 0) is 24.8 Å². The number of hydrogen-bond acceptors (Lipinski definition) is 3. The fourth-order valence-corrected chi connectivity index (χ4v) is 2.86. The summed E-state index contributed by atoms with van der Waals surface area (Å²) in [5, 5.41) is 9.89. The lowest BCUT2D eigenvalue weighted by Crippen LogP contribution is -2.28. The Morgan fingerprint density at radius 2 is 1.96 bits per heavy atom. The zero-order valence-corrected chi connectivity index (χ0v) is 14.7. The molecular weight excluding hydrogens is 316 g/mol. The Bertz CT molecular complexity index is 750. The Labute approximate surface area is 147 Å². The Morgan fingerprint density at radius 3 is 2.60 bits per heavy atom. The third kappa shape index (κ3) is 4.07. The van der Waals surface area contributed by atoms with E-state index < -0.39 is 0 Å². The van der Waals surface area contributed by atoms with Crippen LogP contribution < -0.4 is 10.6 Å². The van der Waals surface area contributed by atoms with Gasteiger partial charge in [0.25, 0.3) is 11.8 Å². The largest absolute Gasteiger partial charge is 0.354 e. The van der Waals surface area contributed by atoms with Crippen LogP contribution in [-0.2, 0) is 0 Å². The molecule has 25 heavy (non-hydrogen) atoms. The summed E-state index contributed by atoms with van der Waals surface area (Å²) in [5.41, 5.74) is 1.68. The Hall–Kier alpha value is -2.63. The topological polar surface area (TPSA) is 76.0 Å². The second-order valence-electron chi connectivity index (χ2n) is 6.51. The number of rotatable bonds is 7. The molecule has 1 saturated carbocycles. The van der Waals surface area contributed by atoms with E-state index in [9.17, 15) is 9.59 Å². The first-order valence-electron chi connectivity index (χ1n) is 8.75. The number of nitrogens with zero attached hydrogens (tertiary/aromatic N) is 2. The maximum atomic E-state index is 12.6. The molecule has 6 heteroatoms. The van der Waals surface area contributed by atoms with Gasteiger partial charge in [-0.15, -0.1) is 0 Å². The summed E-state index contributed by atoms with van der Waals surface area (Å²) in [4.78, 5) is 24.6. The van der Waals surface area contributed by atoms with E-state index >= 15 is 0 Å². The fourth-order valence-electron chi connectivity index (χ4n) is 2.86. The summed E-state index contributed by atoms with van der Waals surface area (Å²) in [7, 11) is 1.55. The van der Waals surface area contributed by atoms with Crippen molar-refractivity contribution in [1.29, 1.82) is 0 Å². The average Bonchev–Trinajstić information content (AvgIpc) is 3.36. The minimum atomic E-state index is -0.300. The van der Waals surface area contributed by atoms with Gasteiger partial charge in [0.15, 0.2) is 5.69 Å². The van der Waals surface area contributed by atoms with Crippen molar-refractivity contribution < 1.29 is 9.59 Å². The van der Waals surface area contributed by atoms with Crippen molar-refractivity contribution in [3.8, 4) is 0 Å². The van der Waals surface area contributed by atoms with Crippen molar-refractivity contribution in [2.75, 3.05) is 13.6 Å². The van der Waals surface area contributed by atoms with Gasteiger partial charge in [0.05, 0.1) is 6.04 Å². The van der Waals surface area contributed by atoms with E-state index in [0.717, 1.165) is 17.9 Å². The van der Waals surface area contributed by atoms with Gasteiger partial charge in [-0.1, -0.05) is 43.2 Å². The van der Waals surface area contributed by atoms with Gasteiger partial charge in [0.2, 0.25) is 0 Å². The molecule has 1 atom stereocenters. The van der Waals surface area contributed by atoms with Gasteiger partial charge in [0, 0.05) is 19.7 Å². The van der Waals surface area contributed by atoms with Crippen molar-refractivity contribution in [2.45, 2.75) is 32.2 Å². The molecule has 0 aliphatic heterocycles. The number of carbonyl (C=O) groups excluding carboxylic acids is 2. The molecule has 2 amide bonds. The predicted molar refractivity (Wildman–Crippen MR) is 95.5 cm³/mol. The fraction of sp³-hybridized carbons (Fsp3) is 0.421. The summed E-state index contributed by atoms with van der Waals surface area (Å²) < 4.78 is 1.63. The first-order chi connectivity index (χ1) is 12.1. The normalized spacial score (nSPS) is 14.8. The van der Waals surface area contributed by atoms with E-state index in [4.69, 9.17) is 0 Å². The van der Waals surface area contributed by atoms with E-state index in [2.05, 4.69) is 15.7 Å². The van der Waals surface area contributed by atoms with Crippen LogP contribution in [0.5, 0.6) is 0 Å². The molecule has 1 aliphatic carbocycles. The lowest BCUT2D eigenvalue weighted by Gasteiger charge is -2.16. The highest BCUT2D eigenvalue weighted by Gasteiger charge is 2.24. The monoisotopic (exact) mass is 340 g/mol. The summed E-state index contributed by atoms with van der Waals surface area (Å²) in [5.74, 6) is 0.270. The van der Waals surface area contributed by atoms with Crippen LogP contribution in [0.2, 0.25) is 0 Å². The lowest BCUT2D eigenvalue weighted by molar-refractivity contribution is 0.0937. The molecule has 1 unspecified atom stereocenters. The highest BCUT2D eigenvalue weighted by Crippen LogP contribution is 2.31. The Balaban J connectivity index is 1.84. The zero-order valence-electron chi connectivity index (χ0n) is 14.7. The van der Waals surface area contributed by atoms with Crippen LogP contribution in [0.4, 0.5) is 0 Å². The summed E-state index contributed by atoms with van der Waals surface area (Å²) in [6, 6.07) is 11.2. The molecular formula is C19H24N4O2. The minimum Gasteiger partial charge on any atom is -0.354 e. The number of nitrogens with one attached hydrogen (secondary N) is 2. The summed E-state index contributed by atoms with van der Waals surface area (Å²) in [6.45, 7) is 2.63. The molecule has 1 aliphatic rings. The Morgan fingerprint density at radius 1 is 1.24 bits per heavy atom. The van der Waals surface area contributed by atoms with Gasteiger partial charge in [-0.2, -0.15) is 5.10 Å². The maximum Gasteiger partial charge on any atom is 0.271 e. The molecule has 1 fully saturated rings. The van der Waals surface area contributed by atoms with Crippen LogP contribution in [0, 0.1) is 5.92 Å². The maximum absolute atomic E-state index is 12.6. The van der Waals surface area contributed by atoms with Crippen LogP contribution in [0.3, 0.4) is 0 Å². The van der Waals surface area contributed by atoms with Crippen molar-refractivity contribution in [1.82, 2.24) is 20.4 Å². The first kappa shape index (κ1) is 17.2. The molecule has 1 aromatic heterocycles. The van der Waals surface area contributed by atoms with Crippen LogP contribution in [0.1, 0.15) is 58.8 Å². The van der Waals surface area contributed by atoms with Crippen molar-refractivity contribution in [3.63, 3.8) is 0 Å². The van der Waals surface area contributed by atoms with E-state index in [0.29, 0.717) is 12.2 Å². The van der Waals surface area contributed by atoms with Crippen molar-refractivity contribution in [2.24, 2.45) is 5.92 Å². The smallest absolute Gasteiger partial charge is 0.271 e. The number of benzene rings is 1. The molecule has 6 nitrogen and oxygen atoms in total. The number of amides is 2. The van der Waals surface area contributed by atoms with Crippen molar-refractivity contribution >= 4 is 11.8 Å². The molecule has 1 aromatic carbocycles. The molecule has 0 saturated heterocycles. The van der Waals surface area contributed by atoms with Gasteiger partial charge in [-0.3, -0.25) is 14.3 Å². The summed E-state index contributed by atoms with van der Waals surface area (Å²) in [6.07, 6.45) is 3.54. The standard InChI is InChI=1S/C19H24N4O2/c1-13(15-6-4-3-5-7-15)23-17(12-16(22-23)18(24)20-2)19(25)21-11-10-14-8-9-14/h3-7,12-14H,8-11H2,1-2H3,(H,20,24)(H,21,25). The molecule has 2 aromatic rings. The summed E-state index contributed by atoms with van der Waals surface area (Å²) >= 11 is 0.